The van der Waals surface area contributed by atoms with Gasteiger partial charge in [-0.05, 0) is 37.7 Å². The number of imidazole rings is 1. The molecule has 2 N–H and O–H groups in total. The maximum absolute atomic E-state index is 12.8. The van der Waals surface area contributed by atoms with E-state index in [2.05, 4.69) is 22.4 Å². The number of aliphatic hydroxyl groups is 1. The summed E-state index contributed by atoms with van der Waals surface area (Å²) < 4.78 is 1.85. The lowest BCUT2D eigenvalue weighted by Crippen LogP contribution is -2.48. The van der Waals surface area contributed by atoms with E-state index in [0.717, 1.165) is 29.9 Å². The van der Waals surface area contributed by atoms with Gasteiger partial charge >= 0.3 is 0 Å². The highest BCUT2D eigenvalue weighted by Gasteiger charge is 2.35. The Morgan fingerprint density at radius 2 is 2.16 bits per heavy atom. The number of benzene rings is 1. The van der Waals surface area contributed by atoms with Crippen LogP contribution in [0.5, 0.6) is 0 Å². The number of hydrogen-bond acceptors (Lipinski definition) is 4. The van der Waals surface area contributed by atoms with Crippen LogP contribution in [0.15, 0.2) is 41.9 Å². The van der Waals surface area contributed by atoms with Crippen LogP contribution in [-0.4, -0.2) is 32.5 Å². The van der Waals surface area contributed by atoms with Crippen LogP contribution in [0.3, 0.4) is 0 Å². The van der Waals surface area contributed by atoms with Crippen LogP contribution in [0.1, 0.15) is 34.6 Å². The predicted molar refractivity (Wildman–Crippen MR) is 97.9 cm³/mol. The van der Waals surface area contributed by atoms with Crippen LogP contribution in [0.25, 0.3) is 4.96 Å². The van der Waals surface area contributed by atoms with E-state index >= 15 is 0 Å². The Bertz CT molecular complexity index is 881. The summed E-state index contributed by atoms with van der Waals surface area (Å²) >= 11 is 1.47. The highest BCUT2D eigenvalue weighted by molar-refractivity contribution is 7.15. The van der Waals surface area contributed by atoms with Gasteiger partial charge in [-0.1, -0.05) is 30.3 Å². The molecule has 0 radical (unpaired) electrons. The second-order valence-corrected chi connectivity index (χ2v) is 7.65. The third kappa shape index (κ3) is 3.32. The molecule has 0 spiro atoms. The Labute approximate surface area is 150 Å². The van der Waals surface area contributed by atoms with Crippen LogP contribution < -0.4 is 5.32 Å². The molecule has 2 heterocycles. The Hall–Kier alpha value is -2.18. The van der Waals surface area contributed by atoms with E-state index in [-0.39, 0.29) is 18.1 Å². The van der Waals surface area contributed by atoms with Gasteiger partial charge in [-0.15, -0.1) is 11.3 Å². The highest BCUT2D eigenvalue weighted by atomic mass is 32.1. The molecule has 3 aromatic rings. The molecule has 4 rings (SSSR count). The van der Waals surface area contributed by atoms with Crippen molar-refractivity contribution < 1.29 is 9.90 Å². The number of fused-ring (bicyclic) bond motifs is 1. The van der Waals surface area contributed by atoms with E-state index < -0.39 is 0 Å². The van der Waals surface area contributed by atoms with E-state index in [4.69, 9.17) is 0 Å². The van der Waals surface area contributed by atoms with E-state index in [1.165, 1.54) is 16.9 Å². The molecule has 1 saturated carbocycles. The number of nitrogens with one attached hydrogen (secondary N) is 1. The summed E-state index contributed by atoms with van der Waals surface area (Å²) in [4.78, 5) is 18.1. The van der Waals surface area contributed by atoms with Crippen molar-refractivity contribution in [1.29, 1.82) is 0 Å². The SMILES string of the molecule is Cc1cn2c(C(=O)N[C@H](Cc3ccccc3)C3CC(O)C3)csc2n1. The van der Waals surface area contributed by atoms with Crippen molar-refractivity contribution >= 4 is 22.2 Å². The molecule has 1 aromatic carbocycles. The zero-order valence-electron chi connectivity index (χ0n) is 14.1. The predicted octanol–water partition coefficient (Wildman–Crippen LogP) is 2.82. The lowest BCUT2D eigenvalue weighted by Gasteiger charge is -2.38. The third-order valence-electron chi connectivity index (χ3n) is 4.90. The van der Waals surface area contributed by atoms with Crippen molar-refractivity contribution in [3.8, 4) is 0 Å². The largest absolute Gasteiger partial charge is 0.393 e. The number of hydrogen-bond donors (Lipinski definition) is 2. The fraction of sp³-hybridized carbons (Fsp3) is 0.368. The number of thiazole rings is 1. The Morgan fingerprint density at radius 3 is 2.88 bits per heavy atom. The molecule has 1 fully saturated rings. The van der Waals surface area contributed by atoms with Crippen molar-refractivity contribution in [1.82, 2.24) is 14.7 Å². The molecule has 5 nitrogen and oxygen atoms in total. The van der Waals surface area contributed by atoms with E-state index in [1.807, 2.05) is 41.1 Å². The standard InChI is InChI=1S/C19H21N3O2S/c1-12-10-22-17(11-25-19(22)20-12)18(24)21-16(14-8-15(23)9-14)7-13-5-3-2-4-6-13/h2-6,10-11,14-16,23H,7-9H2,1H3,(H,21,24)/t14?,15?,16-/m1/s1. The first-order valence-corrected chi connectivity index (χ1v) is 9.44. The van der Waals surface area contributed by atoms with Gasteiger partial charge in [-0.2, -0.15) is 0 Å². The number of aromatic nitrogens is 2. The Morgan fingerprint density at radius 1 is 1.40 bits per heavy atom. The number of carbonyl (C=O) groups excluding carboxylic acids is 1. The van der Waals surface area contributed by atoms with Gasteiger partial charge in [0.25, 0.3) is 5.91 Å². The molecule has 1 aliphatic carbocycles. The number of carbonyl (C=O) groups is 1. The average molecular weight is 355 g/mol. The number of rotatable bonds is 5. The lowest BCUT2D eigenvalue weighted by molar-refractivity contribution is 0.0238. The van der Waals surface area contributed by atoms with Gasteiger partial charge < -0.3 is 10.4 Å². The molecule has 0 bridgehead atoms. The summed E-state index contributed by atoms with van der Waals surface area (Å²) in [6.45, 7) is 1.93. The Kier molecular flexibility index (Phi) is 4.31. The van der Waals surface area contributed by atoms with Crippen molar-refractivity contribution in [2.75, 3.05) is 0 Å². The van der Waals surface area contributed by atoms with Crippen LogP contribution in [-0.2, 0) is 6.42 Å². The fourth-order valence-electron chi connectivity index (χ4n) is 3.46. The third-order valence-corrected chi connectivity index (χ3v) is 5.74. The molecular formula is C19H21N3O2S. The summed E-state index contributed by atoms with van der Waals surface area (Å²) in [7, 11) is 0. The summed E-state index contributed by atoms with van der Waals surface area (Å²) in [6.07, 6.45) is 3.94. The lowest BCUT2D eigenvalue weighted by atomic mass is 9.75. The molecule has 0 unspecified atom stereocenters. The minimum atomic E-state index is -0.232. The molecule has 0 saturated heterocycles. The summed E-state index contributed by atoms with van der Waals surface area (Å²) in [5.41, 5.74) is 2.73. The molecule has 0 aliphatic heterocycles. The Balaban J connectivity index is 1.54. The first kappa shape index (κ1) is 16.3. The van der Waals surface area contributed by atoms with Gasteiger partial charge in [-0.3, -0.25) is 9.20 Å². The molecular weight excluding hydrogens is 334 g/mol. The highest BCUT2D eigenvalue weighted by Crippen LogP contribution is 2.32. The number of nitrogens with zero attached hydrogens (tertiary/aromatic N) is 2. The molecule has 1 aliphatic rings. The molecule has 25 heavy (non-hydrogen) atoms. The minimum Gasteiger partial charge on any atom is -0.393 e. The van der Waals surface area contributed by atoms with E-state index in [0.29, 0.717) is 11.6 Å². The van der Waals surface area contributed by atoms with Crippen LogP contribution in [0.4, 0.5) is 0 Å². The zero-order valence-corrected chi connectivity index (χ0v) is 14.9. The maximum Gasteiger partial charge on any atom is 0.269 e. The first-order valence-electron chi connectivity index (χ1n) is 8.56. The van der Waals surface area contributed by atoms with Gasteiger partial charge in [0.05, 0.1) is 11.8 Å². The topological polar surface area (TPSA) is 66.6 Å². The average Bonchev–Trinajstić information content (AvgIpc) is 3.11. The summed E-state index contributed by atoms with van der Waals surface area (Å²) in [5.74, 6) is 0.240. The number of aryl methyl sites for hydroxylation is 1. The van der Waals surface area contributed by atoms with Crippen molar-refractivity contribution in [2.24, 2.45) is 5.92 Å². The summed E-state index contributed by atoms with van der Waals surface area (Å²) in [5, 5.41) is 14.7. The van der Waals surface area contributed by atoms with Gasteiger partial charge in [-0.25, -0.2) is 4.98 Å². The van der Waals surface area contributed by atoms with Crippen LogP contribution in [0, 0.1) is 12.8 Å². The maximum atomic E-state index is 12.8. The monoisotopic (exact) mass is 355 g/mol. The van der Waals surface area contributed by atoms with Gasteiger partial charge in [0.1, 0.15) is 5.69 Å². The van der Waals surface area contributed by atoms with Crippen LogP contribution >= 0.6 is 11.3 Å². The fourth-order valence-corrected chi connectivity index (χ4v) is 4.36. The first-order chi connectivity index (χ1) is 12.1. The summed E-state index contributed by atoms with van der Waals surface area (Å²) in [6, 6.07) is 10.2. The molecule has 130 valence electrons. The van der Waals surface area contributed by atoms with E-state index in [9.17, 15) is 9.90 Å². The quantitative estimate of drug-likeness (QED) is 0.740. The van der Waals surface area contributed by atoms with Gasteiger partial charge in [0, 0.05) is 17.6 Å². The second-order valence-electron chi connectivity index (χ2n) is 6.81. The second kappa shape index (κ2) is 6.61. The van der Waals surface area contributed by atoms with Crippen molar-refractivity contribution in [2.45, 2.75) is 38.3 Å². The van der Waals surface area contributed by atoms with Crippen molar-refractivity contribution in [3.05, 3.63) is 58.9 Å². The number of amides is 1. The molecule has 1 atom stereocenters. The molecule has 6 heteroatoms. The smallest absolute Gasteiger partial charge is 0.269 e. The van der Waals surface area contributed by atoms with Gasteiger partial charge in [0.15, 0.2) is 4.96 Å². The number of aliphatic hydroxyl groups excluding tert-OH is 1. The van der Waals surface area contributed by atoms with Gasteiger partial charge in [0.2, 0.25) is 0 Å². The zero-order chi connectivity index (χ0) is 17.4. The molecule has 1 amide bonds. The van der Waals surface area contributed by atoms with Crippen LogP contribution in [0.2, 0.25) is 0 Å². The molecule has 2 aromatic heterocycles. The minimum absolute atomic E-state index is 0.0258. The normalized spacial score (nSPS) is 21.0. The van der Waals surface area contributed by atoms with E-state index in [1.54, 1.807) is 0 Å². The van der Waals surface area contributed by atoms with Crippen molar-refractivity contribution in [3.63, 3.8) is 0 Å².